The first kappa shape index (κ1) is 15.9. The zero-order valence-electron chi connectivity index (χ0n) is 10.0. The molecule has 0 radical (unpaired) electrons. The third-order valence-electron chi connectivity index (χ3n) is 2.93. The lowest BCUT2D eigenvalue weighted by atomic mass is 9.89. The van der Waals surface area contributed by atoms with E-state index in [9.17, 15) is 10.2 Å². The van der Waals surface area contributed by atoms with Crippen molar-refractivity contribution in [2.45, 2.75) is 12.2 Å². The summed E-state index contributed by atoms with van der Waals surface area (Å²) in [6, 6.07) is 6.82. The Balaban J connectivity index is 2.51. The Hall–Kier alpha value is -0.480. The number of aliphatic hydroxyl groups excluding tert-OH is 2. The molecule has 0 aliphatic heterocycles. The van der Waals surface area contributed by atoms with E-state index < -0.39 is 12.2 Å². The lowest BCUT2D eigenvalue weighted by Gasteiger charge is -2.25. The van der Waals surface area contributed by atoms with Crippen LogP contribution in [0.3, 0.4) is 0 Å². The predicted molar refractivity (Wildman–Crippen MR) is 84.1 cm³/mol. The molecule has 2 atom stereocenters. The summed E-state index contributed by atoms with van der Waals surface area (Å²) in [7, 11) is 0. The molecule has 0 spiro atoms. The zero-order chi connectivity index (χ0) is 14.9. The van der Waals surface area contributed by atoms with Gasteiger partial charge in [-0.2, -0.15) is 0 Å². The first-order chi connectivity index (χ1) is 9.41. The Morgan fingerprint density at radius 2 is 1.50 bits per heavy atom. The summed E-state index contributed by atoms with van der Waals surface area (Å²) in [4.78, 5) is 0. The third kappa shape index (κ3) is 3.22. The second-order valence-corrected chi connectivity index (χ2v) is 6.03. The van der Waals surface area contributed by atoms with Gasteiger partial charge in [-0.3, -0.25) is 0 Å². The quantitative estimate of drug-likeness (QED) is 0.835. The highest BCUT2D eigenvalue weighted by molar-refractivity contribution is 6.59. The highest BCUT2D eigenvalue weighted by atomic mass is 35.5. The molecule has 106 valence electrons. The lowest BCUT2D eigenvalue weighted by Crippen LogP contribution is -2.30. The Bertz CT molecular complexity index is 598. The molecule has 1 aliphatic rings. The molecular formula is C14H10Cl4O2. The summed E-state index contributed by atoms with van der Waals surface area (Å²) in [5.74, 6) is 0. The van der Waals surface area contributed by atoms with E-state index in [1.54, 1.807) is 30.3 Å². The highest BCUT2D eigenvalue weighted by Crippen LogP contribution is 2.37. The number of benzene rings is 1. The van der Waals surface area contributed by atoms with Crippen LogP contribution in [0.25, 0.3) is 5.57 Å². The Morgan fingerprint density at radius 3 is 2.05 bits per heavy atom. The van der Waals surface area contributed by atoms with Gasteiger partial charge in [-0.25, -0.2) is 0 Å². The van der Waals surface area contributed by atoms with Crippen LogP contribution >= 0.6 is 46.4 Å². The summed E-state index contributed by atoms with van der Waals surface area (Å²) in [5.41, 5.74) is 1.50. The fourth-order valence-electron chi connectivity index (χ4n) is 1.92. The molecule has 1 aromatic carbocycles. The van der Waals surface area contributed by atoms with Gasteiger partial charge in [0.15, 0.2) is 0 Å². The maximum atomic E-state index is 10.1. The van der Waals surface area contributed by atoms with Crippen LogP contribution in [0.5, 0.6) is 0 Å². The van der Waals surface area contributed by atoms with Gasteiger partial charge in [0.1, 0.15) is 16.7 Å². The minimum Gasteiger partial charge on any atom is -0.385 e. The molecule has 0 fully saturated rings. The molecule has 2 rings (SSSR count). The Labute approximate surface area is 136 Å². The summed E-state index contributed by atoms with van der Waals surface area (Å²) in [6.45, 7) is 0. The molecule has 20 heavy (non-hydrogen) atoms. The Kier molecular flexibility index (Phi) is 5.19. The molecule has 0 saturated carbocycles. The van der Waals surface area contributed by atoms with E-state index >= 15 is 0 Å². The molecule has 0 bridgehead atoms. The predicted octanol–water partition coefficient (Wildman–Crippen LogP) is 4.27. The summed E-state index contributed by atoms with van der Waals surface area (Å²) in [6.07, 6.45) is 0.673. The first-order valence-electron chi connectivity index (χ1n) is 5.67. The van der Waals surface area contributed by atoms with Crippen molar-refractivity contribution < 1.29 is 10.2 Å². The number of halogens is 4. The van der Waals surface area contributed by atoms with Gasteiger partial charge in [-0.1, -0.05) is 64.6 Å². The number of rotatable bonds is 2. The van der Waals surface area contributed by atoms with Crippen molar-refractivity contribution in [3.63, 3.8) is 0 Å². The van der Waals surface area contributed by atoms with Gasteiger partial charge >= 0.3 is 0 Å². The number of aliphatic hydroxyl groups is 2. The summed E-state index contributed by atoms with van der Waals surface area (Å²) >= 11 is 23.5. The van der Waals surface area contributed by atoms with E-state index in [1.807, 2.05) is 0 Å². The van der Waals surface area contributed by atoms with Crippen molar-refractivity contribution in [3.8, 4) is 0 Å². The van der Waals surface area contributed by atoms with Crippen molar-refractivity contribution in [3.05, 3.63) is 62.1 Å². The third-order valence-corrected chi connectivity index (χ3v) is 3.91. The van der Waals surface area contributed by atoms with Crippen LogP contribution in [0.1, 0.15) is 5.56 Å². The minimum atomic E-state index is -1.20. The average molecular weight is 352 g/mol. The van der Waals surface area contributed by atoms with Crippen LogP contribution in [0.4, 0.5) is 0 Å². The number of hydrogen-bond donors (Lipinski definition) is 2. The van der Waals surface area contributed by atoms with E-state index in [0.29, 0.717) is 21.7 Å². The van der Waals surface area contributed by atoms with E-state index in [-0.39, 0.29) is 9.52 Å². The number of allylic oxidation sites excluding steroid dienone is 2. The highest BCUT2D eigenvalue weighted by Gasteiger charge is 2.29. The largest absolute Gasteiger partial charge is 0.385 e. The van der Waals surface area contributed by atoms with E-state index in [0.717, 1.165) is 0 Å². The fourth-order valence-corrected chi connectivity index (χ4v) is 2.66. The number of hydrogen-bond acceptors (Lipinski definition) is 2. The van der Waals surface area contributed by atoms with Crippen LogP contribution in [0, 0.1) is 0 Å². The fraction of sp³-hybridized carbons (Fsp3) is 0.143. The zero-order valence-corrected chi connectivity index (χ0v) is 13.0. The monoisotopic (exact) mass is 350 g/mol. The maximum Gasteiger partial charge on any atom is 0.120 e. The van der Waals surface area contributed by atoms with Gasteiger partial charge in [0.25, 0.3) is 0 Å². The van der Waals surface area contributed by atoms with Crippen molar-refractivity contribution in [1.82, 2.24) is 0 Å². The smallest absolute Gasteiger partial charge is 0.120 e. The molecule has 2 nitrogen and oxygen atoms in total. The van der Waals surface area contributed by atoms with E-state index in [2.05, 4.69) is 0 Å². The Morgan fingerprint density at radius 1 is 0.900 bits per heavy atom. The van der Waals surface area contributed by atoms with E-state index in [1.165, 1.54) is 6.08 Å². The van der Waals surface area contributed by atoms with Crippen molar-refractivity contribution in [2.24, 2.45) is 0 Å². The van der Waals surface area contributed by atoms with Crippen LogP contribution < -0.4 is 0 Å². The van der Waals surface area contributed by atoms with Gasteiger partial charge in [0.2, 0.25) is 0 Å². The molecule has 1 aliphatic carbocycles. The second-order valence-electron chi connectivity index (χ2n) is 4.21. The van der Waals surface area contributed by atoms with Crippen LogP contribution in [-0.2, 0) is 0 Å². The van der Waals surface area contributed by atoms with E-state index in [4.69, 9.17) is 46.4 Å². The van der Waals surface area contributed by atoms with Crippen molar-refractivity contribution >= 4 is 52.0 Å². The van der Waals surface area contributed by atoms with Crippen LogP contribution in [0.15, 0.2) is 51.5 Å². The molecular weight excluding hydrogens is 342 g/mol. The van der Waals surface area contributed by atoms with Gasteiger partial charge in [0.05, 0.1) is 0 Å². The van der Waals surface area contributed by atoms with Crippen molar-refractivity contribution in [1.29, 1.82) is 0 Å². The molecule has 1 aromatic rings. The normalized spacial score (nSPS) is 22.1. The van der Waals surface area contributed by atoms with Crippen LogP contribution in [0.2, 0.25) is 5.02 Å². The molecule has 6 heteroatoms. The molecule has 0 unspecified atom stereocenters. The summed E-state index contributed by atoms with van der Waals surface area (Å²) < 4.78 is -0.0174. The molecule has 0 aromatic heterocycles. The molecule has 0 saturated heterocycles. The summed E-state index contributed by atoms with van der Waals surface area (Å²) in [5, 5.41) is 20.7. The standard InChI is InChI=1S/C14H10Cl4O2/c15-8-3-1-7(2-4-8)11(14(17)18)9-5-6-10(16)13(20)12(9)19/h1-6,12-13,19-20H/t12-,13+/m1/s1. The van der Waals surface area contributed by atoms with Gasteiger partial charge in [-0.05, 0) is 29.3 Å². The minimum absolute atomic E-state index is 0.0174. The van der Waals surface area contributed by atoms with Gasteiger partial charge in [-0.15, -0.1) is 0 Å². The maximum absolute atomic E-state index is 10.1. The van der Waals surface area contributed by atoms with Gasteiger partial charge < -0.3 is 10.2 Å². The average Bonchev–Trinajstić information content (AvgIpc) is 2.41. The van der Waals surface area contributed by atoms with Gasteiger partial charge in [0, 0.05) is 15.6 Å². The van der Waals surface area contributed by atoms with Crippen molar-refractivity contribution in [2.75, 3.05) is 0 Å². The topological polar surface area (TPSA) is 40.5 Å². The molecule has 0 amide bonds. The van der Waals surface area contributed by atoms with Crippen LogP contribution in [-0.4, -0.2) is 22.4 Å². The second kappa shape index (κ2) is 6.52. The first-order valence-corrected chi connectivity index (χ1v) is 7.18. The molecule has 0 heterocycles. The molecule has 2 N–H and O–H groups in total. The SMILES string of the molecule is O[C@@H]1C(C(=C(Cl)Cl)c2ccc(Cl)cc2)=CC=C(Cl)[C@@H]1O. The lowest BCUT2D eigenvalue weighted by molar-refractivity contribution is 0.0716.